The summed E-state index contributed by atoms with van der Waals surface area (Å²) in [5.41, 5.74) is 0.929. The summed E-state index contributed by atoms with van der Waals surface area (Å²) in [6.07, 6.45) is 2.20. The molecule has 17 heavy (non-hydrogen) atoms. The Morgan fingerprint density at radius 2 is 2.41 bits per heavy atom. The fraction of sp³-hybridized carbons (Fsp3) is 0.364. The molecule has 0 radical (unpaired) electrons. The predicted molar refractivity (Wildman–Crippen MR) is 58.3 cm³/mol. The fourth-order valence-electron chi connectivity index (χ4n) is 1.18. The van der Waals surface area contributed by atoms with E-state index >= 15 is 0 Å². The first kappa shape index (κ1) is 13.2. The van der Waals surface area contributed by atoms with E-state index in [0.717, 1.165) is 6.29 Å². The topological polar surface area (TPSA) is 68.3 Å². The fourth-order valence-corrected chi connectivity index (χ4v) is 1.18. The number of ether oxygens (including phenoxy) is 1. The van der Waals surface area contributed by atoms with Crippen LogP contribution >= 0.6 is 0 Å². The Labute approximate surface area is 98.0 Å². The minimum Gasteiger partial charge on any atom is -0.459 e. The molecule has 0 saturated heterocycles. The molecule has 1 N–H and O–H groups in total. The molecule has 0 bridgehead atoms. The molecule has 1 heterocycles. The van der Waals surface area contributed by atoms with Gasteiger partial charge in [0.05, 0.1) is 17.8 Å². The van der Waals surface area contributed by atoms with E-state index in [1.54, 1.807) is 6.07 Å². The van der Waals surface area contributed by atoms with Crippen LogP contribution in [0.4, 0.5) is 4.39 Å². The number of nitrogens with one attached hydrogen (secondary N) is 1. The predicted octanol–water partition coefficient (Wildman–Crippen LogP) is 0.496. The second-order valence-corrected chi connectivity index (χ2v) is 3.16. The van der Waals surface area contributed by atoms with Crippen LogP contribution in [0.5, 0.6) is 0 Å². The Morgan fingerprint density at radius 1 is 1.59 bits per heavy atom. The Morgan fingerprint density at radius 3 is 3.12 bits per heavy atom. The van der Waals surface area contributed by atoms with E-state index < -0.39 is 12.6 Å². The molecule has 0 aliphatic carbocycles. The number of esters is 1. The van der Waals surface area contributed by atoms with Gasteiger partial charge in [-0.2, -0.15) is 0 Å². The minimum atomic E-state index is -0.704. The molecule has 0 amide bonds. The smallest absolute Gasteiger partial charge is 0.338 e. The minimum absolute atomic E-state index is 0.220. The third kappa shape index (κ3) is 4.69. The zero-order valence-electron chi connectivity index (χ0n) is 9.19. The third-order valence-electron chi connectivity index (χ3n) is 1.90. The van der Waals surface area contributed by atoms with Crippen molar-refractivity contribution in [2.24, 2.45) is 0 Å². The van der Waals surface area contributed by atoms with Gasteiger partial charge in [-0.25, -0.2) is 9.18 Å². The SMILES string of the molecule is O=CCNCc1cc(C(=O)OCCF)ccn1. The quantitative estimate of drug-likeness (QED) is 0.427. The van der Waals surface area contributed by atoms with E-state index in [1.165, 1.54) is 12.3 Å². The molecule has 0 unspecified atom stereocenters. The first-order chi connectivity index (χ1) is 8.27. The Kier molecular flexibility index (Phi) is 5.81. The monoisotopic (exact) mass is 240 g/mol. The van der Waals surface area contributed by atoms with E-state index in [2.05, 4.69) is 15.0 Å². The van der Waals surface area contributed by atoms with Gasteiger partial charge in [0.1, 0.15) is 19.6 Å². The summed E-state index contributed by atoms with van der Waals surface area (Å²) >= 11 is 0. The summed E-state index contributed by atoms with van der Waals surface area (Å²) in [5.74, 6) is -0.582. The zero-order chi connectivity index (χ0) is 12.5. The van der Waals surface area contributed by atoms with Gasteiger partial charge in [0.2, 0.25) is 0 Å². The van der Waals surface area contributed by atoms with Crippen molar-refractivity contribution >= 4 is 12.3 Å². The number of carbonyl (C=O) groups is 2. The van der Waals surface area contributed by atoms with Crippen LogP contribution in [0.25, 0.3) is 0 Å². The van der Waals surface area contributed by atoms with Gasteiger partial charge in [-0.3, -0.25) is 4.98 Å². The molecule has 1 aromatic rings. The zero-order valence-corrected chi connectivity index (χ0v) is 9.19. The number of aromatic nitrogens is 1. The lowest BCUT2D eigenvalue weighted by molar-refractivity contribution is -0.107. The second-order valence-electron chi connectivity index (χ2n) is 3.16. The lowest BCUT2D eigenvalue weighted by atomic mass is 10.2. The number of pyridine rings is 1. The van der Waals surface area contributed by atoms with Gasteiger partial charge in [-0.1, -0.05) is 0 Å². The summed E-state index contributed by atoms with van der Waals surface area (Å²) in [6, 6.07) is 3.03. The van der Waals surface area contributed by atoms with E-state index in [9.17, 15) is 14.0 Å². The molecular weight excluding hydrogens is 227 g/mol. The van der Waals surface area contributed by atoms with Crippen molar-refractivity contribution in [1.29, 1.82) is 0 Å². The number of aldehydes is 1. The Balaban J connectivity index is 2.58. The number of carbonyl (C=O) groups excluding carboxylic acids is 2. The molecule has 6 heteroatoms. The number of hydrogen-bond acceptors (Lipinski definition) is 5. The number of halogens is 1. The van der Waals surface area contributed by atoms with E-state index in [1.807, 2.05) is 0 Å². The molecule has 0 spiro atoms. The molecule has 0 aliphatic rings. The number of alkyl halides is 1. The summed E-state index contributed by atoms with van der Waals surface area (Å²) in [7, 11) is 0. The molecule has 92 valence electrons. The van der Waals surface area contributed by atoms with Gasteiger partial charge < -0.3 is 14.8 Å². The van der Waals surface area contributed by atoms with Crippen molar-refractivity contribution < 1.29 is 18.7 Å². The van der Waals surface area contributed by atoms with Crippen molar-refractivity contribution in [2.75, 3.05) is 19.8 Å². The van der Waals surface area contributed by atoms with Crippen LogP contribution in [0.2, 0.25) is 0 Å². The Bertz CT molecular complexity index is 385. The van der Waals surface area contributed by atoms with E-state index in [-0.39, 0.29) is 13.2 Å². The molecular formula is C11H13FN2O3. The van der Waals surface area contributed by atoms with Crippen molar-refractivity contribution in [1.82, 2.24) is 10.3 Å². The summed E-state index contributed by atoms with van der Waals surface area (Å²) in [6.45, 7) is -0.356. The van der Waals surface area contributed by atoms with Gasteiger partial charge in [0.15, 0.2) is 0 Å². The van der Waals surface area contributed by atoms with Gasteiger partial charge >= 0.3 is 5.97 Å². The standard InChI is InChI=1S/C11H13FN2O3/c12-2-6-17-11(16)9-1-3-14-10(7-9)8-13-4-5-15/h1,3,5,7,13H,2,4,6,8H2. The van der Waals surface area contributed by atoms with E-state index in [4.69, 9.17) is 0 Å². The van der Waals surface area contributed by atoms with Crippen LogP contribution < -0.4 is 5.32 Å². The largest absolute Gasteiger partial charge is 0.459 e. The first-order valence-corrected chi connectivity index (χ1v) is 5.10. The summed E-state index contributed by atoms with van der Waals surface area (Å²) in [5, 5.41) is 2.82. The molecule has 0 atom stereocenters. The highest BCUT2D eigenvalue weighted by atomic mass is 19.1. The van der Waals surface area contributed by atoms with Crippen LogP contribution in [0.15, 0.2) is 18.3 Å². The average molecular weight is 240 g/mol. The molecule has 1 rings (SSSR count). The first-order valence-electron chi connectivity index (χ1n) is 5.10. The van der Waals surface area contributed by atoms with Crippen LogP contribution in [-0.4, -0.2) is 37.1 Å². The molecule has 0 aliphatic heterocycles. The normalized spacial score (nSPS) is 9.94. The summed E-state index contributed by atoms with van der Waals surface area (Å²) < 4.78 is 16.5. The second kappa shape index (κ2) is 7.45. The van der Waals surface area contributed by atoms with Crippen molar-refractivity contribution in [3.63, 3.8) is 0 Å². The molecule has 0 saturated carbocycles. The third-order valence-corrected chi connectivity index (χ3v) is 1.90. The average Bonchev–Trinajstić information content (AvgIpc) is 2.36. The number of nitrogens with zero attached hydrogens (tertiary/aromatic N) is 1. The lowest BCUT2D eigenvalue weighted by Gasteiger charge is -2.04. The van der Waals surface area contributed by atoms with Crippen molar-refractivity contribution in [3.05, 3.63) is 29.6 Å². The van der Waals surface area contributed by atoms with Gasteiger partial charge in [0, 0.05) is 12.7 Å². The van der Waals surface area contributed by atoms with Crippen LogP contribution in [0.1, 0.15) is 16.1 Å². The summed E-state index contributed by atoms with van der Waals surface area (Å²) in [4.78, 5) is 25.5. The highest BCUT2D eigenvalue weighted by Crippen LogP contribution is 2.04. The Hall–Kier alpha value is -1.82. The van der Waals surface area contributed by atoms with E-state index in [0.29, 0.717) is 17.8 Å². The lowest BCUT2D eigenvalue weighted by Crippen LogP contribution is -2.17. The number of hydrogen-bond donors (Lipinski definition) is 1. The maximum Gasteiger partial charge on any atom is 0.338 e. The number of rotatable bonds is 7. The molecule has 1 aromatic heterocycles. The maximum absolute atomic E-state index is 11.8. The molecule has 0 aromatic carbocycles. The van der Waals surface area contributed by atoms with Gasteiger partial charge in [0.25, 0.3) is 0 Å². The highest BCUT2D eigenvalue weighted by molar-refractivity contribution is 5.89. The van der Waals surface area contributed by atoms with Crippen molar-refractivity contribution in [2.45, 2.75) is 6.54 Å². The maximum atomic E-state index is 11.8. The van der Waals surface area contributed by atoms with Crippen LogP contribution in [0, 0.1) is 0 Å². The van der Waals surface area contributed by atoms with Crippen LogP contribution in [0.3, 0.4) is 0 Å². The van der Waals surface area contributed by atoms with Gasteiger partial charge in [-0.15, -0.1) is 0 Å². The van der Waals surface area contributed by atoms with Gasteiger partial charge in [-0.05, 0) is 12.1 Å². The van der Waals surface area contributed by atoms with Crippen LogP contribution in [-0.2, 0) is 16.1 Å². The van der Waals surface area contributed by atoms with Crippen molar-refractivity contribution in [3.8, 4) is 0 Å². The molecule has 0 fully saturated rings. The molecule has 5 nitrogen and oxygen atoms in total. The highest BCUT2D eigenvalue weighted by Gasteiger charge is 2.07.